The molecule has 2 N–H and O–H groups in total. The highest BCUT2D eigenvalue weighted by molar-refractivity contribution is 5.31. The summed E-state index contributed by atoms with van der Waals surface area (Å²) in [5, 5.41) is 0. The van der Waals surface area contributed by atoms with Crippen molar-refractivity contribution in [2.45, 2.75) is 19.4 Å². The van der Waals surface area contributed by atoms with E-state index < -0.39 is 0 Å². The minimum absolute atomic E-state index is 0.121. The van der Waals surface area contributed by atoms with E-state index in [-0.39, 0.29) is 6.04 Å². The van der Waals surface area contributed by atoms with E-state index in [1.165, 1.54) is 0 Å². The molecule has 0 fully saturated rings. The molecule has 4 heteroatoms. The van der Waals surface area contributed by atoms with E-state index in [0.29, 0.717) is 19.8 Å². The van der Waals surface area contributed by atoms with Crippen LogP contribution < -0.4 is 15.2 Å². The summed E-state index contributed by atoms with van der Waals surface area (Å²) in [5.74, 6) is 1.64. The highest BCUT2D eigenvalue weighted by atomic mass is 16.5. The van der Waals surface area contributed by atoms with Crippen LogP contribution in [0.1, 0.15) is 13.3 Å². The molecule has 0 bridgehead atoms. The summed E-state index contributed by atoms with van der Waals surface area (Å²) in [6.45, 7) is 3.72. The SMILES string of the molecule is CCC(N)COCCOc1ccc(OC)cc1. The minimum atomic E-state index is 0.121. The van der Waals surface area contributed by atoms with Crippen LogP contribution in [-0.2, 0) is 4.74 Å². The standard InChI is InChI=1S/C13H21NO3/c1-3-11(14)10-16-8-9-17-13-6-4-12(15-2)5-7-13/h4-7,11H,3,8-10,14H2,1-2H3. The molecule has 0 saturated heterocycles. The van der Waals surface area contributed by atoms with E-state index in [2.05, 4.69) is 0 Å². The Kier molecular flexibility index (Phi) is 6.43. The average Bonchev–Trinajstić information content (AvgIpc) is 2.38. The summed E-state index contributed by atoms with van der Waals surface area (Å²) in [6, 6.07) is 7.59. The first-order chi connectivity index (χ1) is 8.26. The summed E-state index contributed by atoms with van der Waals surface area (Å²) >= 11 is 0. The van der Waals surface area contributed by atoms with Gasteiger partial charge in [0.1, 0.15) is 18.1 Å². The Morgan fingerprint density at radius 1 is 1.12 bits per heavy atom. The zero-order valence-corrected chi connectivity index (χ0v) is 10.5. The lowest BCUT2D eigenvalue weighted by atomic mass is 10.3. The van der Waals surface area contributed by atoms with Gasteiger partial charge in [-0.1, -0.05) is 6.92 Å². The Balaban J connectivity index is 2.13. The molecule has 17 heavy (non-hydrogen) atoms. The first-order valence-corrected chi connectivity index (χ1v) is 5.86. The van der Waals surface area contributed by atoms with E-state index in [9.17, 15) is 0 Å². The molecule has 0 heterocycles. The minimum Gasteiger partial charge on any atom is -0.497 e. The molecule has 1 aromatic carbocycles. The van der Waals surface area contributed by atoms with Crippen molar-refractivity contribution < 1.29 is 14.2 Å². The highest BCUT2D eigenvalue weighted by Crippen LogP contribution is 2.16. The molecule has 0 aliphatic heterocycles. The van der Waals surface area contributed by atoms with E-state index in [4.69, 9.17) is 19.9 Å². The summed E-state index contributed by atoms with van der Waals surface area (Å²) in [6.07, 6.45) is 0.930. The predicted molar refractivity (Wildman–Crippen MR) is 67.6 cm³/mol. The second-order valence-corrected chi connectivity index (χ2v) is 3.77. The normalized spacial score (nSPS) is 12.2. The molecular formula is C13H21NO3. The van der Waals surface area contributed by atoms with Crippen molar-refractivity contribution in [3.63, 3.8) is 0 Å². The third-order valence-electron chi connectivity index (χ3n) is 2.41. The first kappa shape index (κ1) is 13.8. The first-order valence-electron chi connectivity index (χ1n) is 5.86. The number of hydrogen-bond donors (Lipinski definition) is 1. The Morgan fingerprint density at radius 3 is 2.35 bits per heavy atom. The maximum Gasteiger partial charge on any atom is 0.119 e. The van der Waals surface area contributed by atoms with E-state index >= 15 is 0 Å². The number of ether oxygens (including phenoxy) is 3. The summed E-state index contributed by atoms with van der Waals surface area (Å²) in [4.78, 5) is 0. The molecular weight excluding hydrogens is 218 g/mol. The largest absolute Gasteiger partial charge is 0.497 e. The molecule has 0 aromatic heterocycles. The van der Waals surface area contributed by atoms with Crippen molar-refractivity contribution >= 4 is 0 Å². The molecule has 1 rings (SSSR count). The number of nitrogens with two attached hydrogens (primary N) is 1. The Labute approximate surface area is 103 Å². The third-order valence-corrected chi connectivity index (χ3v) is 2.41. The smallest absolute Gasteiger partial charge is 0.119 e. The molecule has 1 unspecified atom stereocenters. The van der Waals surface area contributed by atoms with Crippen molar-refractivity contribution in [2.75, 3.05) is 26.9 Å². The van der Waals surface area contributed by atoms with Gasteiger partial charge in [-0.05, 0) is 30.7 Å². The molecule has 0 aliphatic carbocycles. The number of benzene rings is 1. The average molecular weight is 239 g/mol. The van der Waals surface area contributed by atoms with Gasteiger partial charge < -0.3 is 19.9 Å². The monoisotopic (exact) mass is 239 g/mol. The molecule has 0 spiro atoms. The van der Waals surface area contributed by atoms with Gasteiger partial charge in [0.25, 0.3) is 0 Å². The Hall–Kier alpha value is -1.26. The van der Waals surface area contributed by atoms with Crippen LogP contribution in [0.25, 0.3) is 0 Å². The van der Waals surface area contributed by atoms with Crippen molar-refractivity contribution in [2.24, 2.45) is 5.73 Å². The molecule has 0 saturated carbocycles. The number of rotatable bonds is 8. The fourth-order valence-corrected chi connectivity index (χ4v) is 1.24. The van der Waals surface area contributed by atoms with Crippen molar-refractivity contribution in [3.8, 4) is 11.5 Å². The number of methoxy groups -OCH3 is 1. The molecule has 1 aromatic rings. The van der Waals surface area contributed by atoms with Gasteiger partial charge in [-0.25, -0.2) is 0 Å². The second kappa shape index (κ2) is 7.92. The van der Waals surface area contributed by atoms with Crippen molar-refractivity contribution in [1.29, 1.82) is 0 Å². The zero-order valence-electron chi connectivity index (χ0n) is 10.5. The maximum absolute atomic E-state index is 5.72. The Morgan fingerprint density at radius 2 is 1.76 bits per heavy atom. The van der Waals surface area contributed by atoms with Gasteiger partial charge in [-0.3, -0.25) is 0 Å². The van der Waals surface area contributed by atoms with Gasteiger partial charge >= 0.3 is 0 Å². The number of hydrogen-bond acceptors (Lipinski definition) is 4. The lowest BCUT2D eigenvalue weighted by Crippen LogP contribution is -2.26. The van der Waals surface area contributed by atoms with Gasteiger partial charge in [0.05, 0.1) is 20.3 Å². The van der Waals surface area contributed by atoms with Crippen LogP contribution in [-0.4, -0.2) is 33.0 Å². The van der Waals surface area contributed by atoms with Gasteiger partial charge in [-0.15, -0.1) is 0 Å². The van der Waals surface area contributed by atoms with Gasteiger partial charge in [0.2, 0.25) is 0 Å². The van der Waals surface area contributed by atoms with E-state index in [1.54, 1.807) is 7.11 Å². The molecule has 1 atom stereocenters. The second-order valence-electron chi connectivity index (χ2n) is 3.77. The topological polar surface area (TPSA) is 53.7 Å². The van der Waals surface area contributed by atoms with Crippen LogP contribution in [0.5, 0.6) is 11.5 Å². The van der Waals surface area contributed by atoms with Gasteiger partial charge in [0, 0.05) is 6.04 Å². The molecule has 0 aliphatic rings. The summed E-state index contributed by atoms with van der Waals surface area (Å²) in [5.41, 5.74) is 5.72. The van der Waals surface area contributed by atoms with Crippen molar-refractivity contribution in [3.05, 3.63) is 24.3 Å². The van der Waals surface area contributed by atoms with Crippen LogP contribution in [0.2, 0.25) is 0 Å². The predicted octanol–water partition coefficient (Wildman–Crippen LogP) is 1.83. The maximum atomic E-state index is 5.72. The lowest BCUT2D eigenvalue weighted by molar-refractivity contribution is 0.0897. The Bertz CT molecular complexity index is 300. The molecule has 0 radical (unpaired) electrons. The zero-order chi connectivity index (χ0) is 12.5. The quantitative estimate of drug-likeness (QED) is 0.703. The fourth-order valence-electron chi connectivity index (χ4n) is 1.24. The van der Waals surface area contributed by atoms with Crippen LogP contribution in [0.15, 0.2) is 24.3 Å². The van der Waals surface area contributed by atoms with E-state index in [0.717, 1.165) is 17.9 Å². The molecule has 96 valence electrons. The molecule has 0 amide bonds. The summed E-state index contributed by atoms with van der Waals surface area (Å²) < 4.78 is 15.9. The van der Waals surface area contributed by atoms with Crippen LogP contribution in [0.4, 0.5) is 0 Å². The lowest BCUT2D eigenvalue weighted by Gasteiger charge is -2.10. The molecule has 4 nitrogen and oxygen atoms in total. The van der Waals surface area contributed by atoms with Gasteiger partial charge in [-0.2, -0.15) is 0 Å². The summed E-state index contributed by atoms with van der Waals surface area (Å²) in [7, 11) is 1.64. The third kappa shape index (κ3) is 5.56. The fraction of sp³-hybridized carbons (Fsp3) is 0.538. The van der Waals surface area contributed by atoms with Crippen LogP contribution in [0.3, 0.4) is 0 Å². The van der Waals surface area contributed by atoms with Crippen LogP contribution >= 0.6 is 0 Å². The van der Waals surface area contributed by atoms with E-state index in [1.807, 2.05) is 31.2 Å². The van der Waals surface area contributed by atoms with Crippen molar-refractivity contribution in [1.82, 2.24) is 0 Å². The highest BCUT2D eigenvalue weighted by Gasteiger charge is 1.99. The van der Waals surface area contributed by atoms with Gasteiger partial charge in [0.15, 0.2) is 0 Å². The van der Waals surface area contributed by atoms with Crippen LogP contribution in [0, 0.1) is 0 Å².